The van der Waals surface area contributed by atoms with Crippen molar-refractivity contribution in [3.63, 3.8) is 0 Å². The van der Waals surface area contributed by atoms with Crippen LogP contribution in [0.3, 0.4) is 0 Å². The zero-order valence-corrected chi connectivity index (χ0v) is 11.4. The maximum Gasteiger partial charge on any atom is 0.131 e. The van der Waals surface area contributed by atoms with Crippen molar-refractivity contribution < 1.29 is 9.13 Å². The van der Waals surface area contributed by atoms with E-state index in [1.54, 1.807) is 18.3 Å². The van der Waals surface area contributed by atoms with Gasteiger partial charge in [-0.1, -0.05) is 36.4 Å². The van der Waals surface area contributed by atoms with Crippen molar-refractivity contribution in [1.29, 1.82) is 0 Å². The summed E-state index contributed by atoms with van der Waals surface area (Å²) in [5.74, 6) is 0.368. The summed E-state index contributed by atoms with van der Waals surface area (Å²) >= 11 is 0. The summed E-state index contributed by atoms with van der Waals surface area (Å²) < 4.78 is 19.6. The number of rotatable bonds is 4. The van der Waals surface area contributed by atoms with Crippen LogP contribution >= 0.6 is 0 Å². The second-order valence-corrected chi connectivity index (χ2v) is 4.62. The summed E-state index contributed by atoms with van der Waals surface area (Å²) in [5, 5.41) is 0. The average Bonchev–Trinajstić information content (AvgIpc) is 2.56. The van der Waals surface area contributed by atoms with E-state index in [0.29, 0.717) is 17.9 Å². The lowest BCUT2D eigenvalue weighted by atomic mass is 10.1. The third-order valence-corrected chi connectivity index (χ3v) is 3.14. The van der Waals surface area contributed by atoms with Crippen LogP contribution < -0.4 is 4.74 Å². The van der Waals surface area contributed by atoms with Crippen LogP contribution in [0.25, 0.3) is 11.1 Å². The third-order valence-electron chi connectivity index (χ3n) is 3.14. The molecule has 0 saturated heterocycles. The number of hydrogen-bond donors (Lipinski definition) is 0. The van der Waals surface area contributed by atoms with Crippen molar-refractivity contribution in [2.45, 2.75) is 6.61 Å². The second-order valence-electron chi connectivity index (χ2n) is 4.62. The Balaban J connectivity index is 1.81. The Labute approximate surface area is 122 Å². The van der Waals surface area contributed by atoms with E-state index in [-0.39, 0.29) is 5.82 Å². The number of nitrogens with zero attached hydrogens (tertiary/aromatic N) is 1. The van der Waals surface area contributed by atoms with Gasteiger partial charge in [0.25, 0.3) is 0 Å². The first-order valence-electron chi connectivity index (χ1n) is 6.70. The van der Waals surface area contributed by atoms with Gasteiger partial charge in [-0.05, 0) is 35.9 Å². The Morgan fingerprint density at radius 1 is 0.905 bits per heavy atom. The minimum atomic E-state index is -0.258. The number of pyridine rings is 1. The van der Waals surface area contributed by atoms with Crippen LogP contribution in [0.15, 0.2) is 72.9 Å². The molecule has 21 heavy (non-hydrogen) atoms. The first-order valence-corrected chi connectivity index (χ1v) is 6.70. The molecule has 0 spiro atoms. The van der Waals surface area contributed by atoms with E-state index in [1.165, 1.54) is 6.07 Å². The summed E-state index contributed by atoms with van der Waals surface area (Å²) in [6.07, 6.45) is 1.72. The Morgan fingerprint density at radius 3 is 2.48 bits per heavy atom. The third kappa shape index (κ3) is 3.26. The molecule has 2 aromatic carbocycles. The molecule has 1 heterocycles. The molecule has 0 aliphatic carbocycles. The first-order chi connectivity index (χ1) is 10.3. The van der Waals surface area contributed by atoms with Gasteiger partial charge in [-0.15, -0.1) is 0 Å². The fourth-order valence-corrected chi connectivity index (χ4v) is 2.07. The lowest BCUT2D eigenvalue weighted by molar-refractivity contribution is 0.301. The fourth-order valence-electron chi connectivity index (χ4n) is 2.07. The highest BCUT2D eigenvalue weighted by atomic mass is 19.1. The van der Waals surface area contributed by atoms with Crippen molar-refractivity contribution in [3.8, 4) is 16.9 Å². The van der Waals surface area contributed by atoms with Crippen LogP contribution in [0.2, 0.25) is 0 Å². The highest BCUT2D eigenvalue weighted by molar-refractivity contribution is 5.65. The standard InChI is InChI=1S/C18H14FNO/c19-18-10-9-16(21-13-15-8-4-5-11-20-15)12-17(18)14-6-2-1-3-7-14/h1-12H,13H2. The number of benzene rings is 2. The van der Waals surface area contributed by atoms with Crippen molar-refractivity contribution in [3.05, 3.63) is 84.4 Å². The Hall–Kier alpha value is -2.68. The molecule has 0 unspecified atom stereocenters. The number of ether oxygens (including phenoxy) is 1. The molecule has 0 saturated carbocycles. The summed E-state index contributed by atoms with van der Waals surface area (Å²) in [4.78, 5) is 4.19. The van der Waals surface area contributed by atoms with Gasteiger partial charge in [0.05, 0.1) is 5.69 Å². The first kappa shape index (κ1) is 13.3. The zero-order valence-electron chi connectivity index (χ0n) is 11.4. The molecule has 0 radical (unpaired) electrons. The largest absolute Gasteiger partial charge is 0.487 e. The van der Waals surface area contributed by atoms with E-state index in [0.717, 1.165) is 11.3 Å². The predicted molar refractivity (Wildman–Crippen MR) is 80.4 cm³/mol. The Kier molecular flexibility index (Phi) is 3.92. The number of aromatic nitrogens is 1. The van der Waals surface area contributed by atoms with Gasteiger partial charge in [-0.2, -0.15) is 0 Å². The minimum absolute atomic E-state index is 0.258. The summed E-state index contributed by atoms with van der Waals surface area (Å²) in [7, 11) is 0. The van der Waals surface area contributed by atoms with Gasteiger partial charge in [-0.3, -0.25) is 4.98 Å². The van der Waals surface area contributed by atoms with Crippen LogP contribution in [-0.4, -0.2) is 4.98 Å². The molecule has 2 nitrogen and oxygen atoms in total. The van der Waals surface area contributed by atoms with Crippen LogP contribution in [0.4, 0.5) is 4.39 Å². The fraction of sp³-hybridized carbons (Fsp3) is 0.0556. The molecule has 3 rings (SSSR count). The SMILES string of the molecule is Fc1ccc(OCc2ccccn2)cc1-c1ccccc1. The molecule has 0 aliphatic rings. The average molecular weight is 279 g/mol. The van der Waals surface area contributed by atoms with E-state index in [4.69, 9.17) is 4.74 Å². The molecule has 104 valence electrons. The molecule has 0 aliphatic heterocycles. The highest BCUT2D eigenvalue weighted by Gasteiger charge is 2.07. The van der Waals surface area contributed by atoms with Gasteiger partial charge in [0.15, 0.2) is 0 Å². The summed E-state index contributed by atoms with van der Waals surface area (Å²) in [6.45, 7) is 0.362. The quantitative estimate of drug-likeness (QED) is 0.703. The molecular formula is C18H14FNO. The zero-order chi connectivity index (χ0) is 14.5. The molecular weight excluding hydrogens is 265 g/mol. The van der Waals surface area contributed by atoms with Crippen molar-refractivity contribution in [1.82, 2.24) is 4.98 Å². The molecule has 0 atom stereocenters. The van der Waals surface area contributed by atoms with Gasteiger partial charge in [0.1, 0.15) is 18.2 Å². The minimum Gasteiger partial charge on any atom is -0.487 e. The summed E-state index contributed by atoms with van der Waals surface area (Å²) in [6, 6.07) is 19.9. The van der Waals surface area contributed by atoms with Crippen LogP contribution in [-0.2, 0) is 6.61 Å². The van der Waals surface area contributed by atoms with Crippen molar-refractivity contribution in [2.75, 3.05) is 0 Å². The summed E-state index contributed by atoms with van der Waals surface area (Å²) in [5.41, 5.74) is 2.20. The lowest BCUT2D eigenvalue weighted by Crippen LogP contribution is -1.98. The van der Waals surface area contributed by atoms with Crippen LogP contribution in [0, 0.1) is 5.82 Å². The van der Waals surface area contributed by atoms with Crippen LogP contribution in [0.5, 0.6) is 5.75 Å². The monoisotopic (exact) mass is 279 g/mol. The molecule has 0 N–H and O–H groups in total. The maximum absolute atomic E-state index is 14.0. The molecule has 1 aromatic heterocycles. The van der Waals surface area contributed by atoms with E-state index in [9.17, 15) is 4.39 Å². The van der Waals surface area contributed by atoms with Crippen molar-refractivity contribution >= 4 is 0 Å². The van der Waals surface area contributed by atoms with Gasteiger partial charge in [0.2, 0.25) is 0 Å². The normalized spacial score (nSPS) is 10.3. The Bertz CT molecular complexity index is 714. The van der Waals surface area contributed by atoms with E-state index < -0.39 is 0 Å². The van der Waals surface area contributed by atoms with Crippen molar-refractivity contribution in [2.24, 2.45) is 0 Å². The smallest absolute Gasteiger partial charge is 0.131 e. The molecule has 0 amide bonds. The predicted octanol–water partition coefficient (Wildman–Crippen LogP) is 4.47. The second kappa shape index (κ2) is 6.18. The van der Waals surface area contributed by atoms with Gasteiger partial charge < -0.3 is 4.74 Å². The van der Waals surface area contributed by atoms with E-state index >= 15 is 0 Å². The van der Waals surface area contributed by atoms with Gasteiger partial charge in [0, 0.05) is 11.8 Å². The number of halogens is 1. The molecule has 0 bridgehead atoms. The van der Waals surface area contributed by atoms with Gasteiger partial charge in [-0.25, -0.2) is 4.39 Å². The maximum atomic E-state index is 14.0. The Morgan fingerprint density at radius 2 is 1.71 bits per heavy atom. The molecule has 3 heteroatoms. The van der Waals surface area contributed by atoms with E-state index in [1.807, 2.05) is 48.5 Å². The van der Waals surface area contributed by atoms with Gasteiger partial charge >= 0.3 is 0 Å². The van der Waals surface area contributed by atoms with Crippen LogP contribution in [0.1, 0.15) is 5.69 Å². The highest BCUT2D eigenvalue weighted by Crippen LogP contribution is 2.27. The molecule has 3 aromatic rings. The van der Waals surface area contributed by atoms with E-state index in [2.05, 4.69) is 4.98 Å². The number of hydrogen-bond acceptors (Lipinski definition) is 2. The molecule has 0 fully saturated rings. The topological polar surface area (TPSA) is 22.1 Å². The lowest BCUT2D eigenvalue weighted by Gasteiger charge is -2.09.